The summed E-state index contributed by atoms with van der Waals surface area (Å²) in [7, 11) is 0. The van der Waals surface area contributed by atoms with Crippen molar-refractivity contribution in [2.24, 2.45) is 0 Å². The van der Waals surface area contributed by atoms with Crippen LogP contribution in [-0.2, 0) is 13.1 Å². The van der Waals surface area contributed by atoms with Gasteiger partial charge in [-0.1, -0.05) is 48.0 Å². The third-order valence-corrected chi connectivity index (χ3v) is 2.95. The van der Waals surface area contributed by atoms with E-state index in [0.29, 0.717) is 18.7 Å². The Morgan fingerprint density at radius 1 is 1.05 bits per heavy atom. The molecule has 19 heavy (non-hydrogen) atoms. The molecule has 2 aromatic carbocycles. The molecule has 0 amide bonds. The number of para-hydroxylation sites is 1. The largest absolute Gasteiger partial charge is 0.308 e. The van der Waals surface area contributed by atoms with Crippen LogP contribution in [0.1, 0.15) is 16.7 Å². The lowest BCUT2D eigenvalue weighted by molar-refractivity contribution is -0.385. The molecule has 0 heterocycles. The van der Waals surface area contributed by atoms with E-state index in [0.717, 1.165) is 0 Å². The zero-order valence-electron chi connectivity index (χ0n) is 10.8. The predicted molar refractivity (Wildman–Crippen MR) is 74.8 cm³/mol. The van der Waals surface area contributed by atoms with Crippen LogP contribution < -0.4 is 5.32 Å². The van der Waals surface area contributed by atoms with Gasteiger partial charge in [-0.25, -0.2) is 0 Å². The zero-order valence-corrected chi connectivity index (χ0v) is 10.8. The molecule has 2 aromatic rings. The van der Waals surface area contributed by atoms with Crippen LogP contribution in [0.4, 0.5) is 5.69 Å². The number of nitro benzene ring substituents is 1. The number of nitrogens with zero attached hydrogens (tertiary/aromatic N) is 1. The molecule has 4 heteroatoms. The summed E-state index contributed by atoms with van der Waals surface area (Å²) in [6, 6.07) is 15.0. The summed E-state index contributed by atoms with van der Waals surface area (Å²) >= 11 is 0. The predicted octanol–water partition coefficient (Wildman–Crippen LogP) is 3.19. The molecular weight excluding hydrogens is 240 g/mol. The molecule has 0 aliphatic heterocycles. The maximum Gasteiger partial charge on any atom is 0.273 e. The van der Waals surface area contributed by atoms with Crippen LogP contribution in [0.2, 0.25) is 0 Å². The van der Waals surface area contributed by atoms with Crippen molar-refractivity contribution in [1.29, 1.82) is 0 Å². The second-order valence-electron chi connectivity index (χ2n) is 4.47. The van der Waals surface area contributed by atoms with Crippen LogP contribution in [0.25, 0.3) is 0 Å². The smallest absolute Gasteiger partial charge is 0.273 e. The van der Waals surface area contributed by atoms with Crippen molar-refractivity contribution in [2.45, 2.75) is 20.0 Å². The van der Waals surface area contributed by atoms with E-state index < -0.39 is 0 Å². The fraction of sp³-hybridized carbons (Fsp3) is 0.200. The number of hydrogen-bond acceptors (Lipinski definition) is 3. The number of nitro groups is 1. The van der Waals surface area contributed by atoms with Gasteiger partial charge in [0.25, 0.3) is 5.69 Å². The summed E-state index contributed by atoms with van der Waals surface area (Å²) in [5.41, 5.74) is 3.27. The molecular formula is C15H16N2O2. The van der Waals surface area contributed by atoms with Gasteiger partial charge in [-0.15, -0.1) is 0 Å². The molecule has 0 saturated carbocycles. The lowest BCUT2D eigenvalue weighted by atomic mass is 10.1. The average molecular weight is 256 g/mol. The van der Waals surface area contributed by atoms with E-state index >= 15 is 0 Å². The van der Waals surface area contributed by atoms with Gasteiger partial charge in [0.05, 0.1) is 4.92 Å². The number of benzene rings is 2. The van der Waals surface area contributed by atoms with Crippen LogP contribution in [0.3, 0.4) is 0 Å². The Morgan fingerprint density at radius 3 is 2.42 bits per heavy atom. The maximum atomic E-state index is 10.9. The Kier molecular flexibility index (Phi) is 4.26. The zero-order chi connectivity index (χ0) is 13.7. The van der Waals surface area contributed by atoms with E-state index in [1.54, 1.807) is 12.1 Å². The van der Waals surface area contributed by atoms with Crippen LogP contribution in [0.15, 0.2) is 48.5 Å². The first-order valence-corrected chi connectivity index (χ1v) is 6.15. The van der Waals surface area contributed by atoms with Gasteiger partial charge in [-0.05, 0) is 12.5 Å². The van der Waals surface area contributed by atoms with E-state index in [2.05, 4.69) is 29.6 Å². The van der Waals surface area contributed by atoms with Crippen molar-refractivity contribution in [1.82, 2.24) is 5.32 Å². The second kappa shape index (κ2) is 6.11. The Labute approximate surface area is 112 Å². The summed E-state index contributed by atoms with van der Waals surface area (Å²) in [5, 5.41) is 14.1. The van der Waals surface area contributed by atoms with Crippen molar-refractivity contribution < 1.29 is 4.92 Å². The number of nitrogens with one attached hydrogen (secondary N) is 1. The number of aryl methyl sites for hydroxylation is 1. The van der Waals surface area contributed by atoms with Gasteiger partial charge in [0.2, 0.25) is 0 Å². The molecule has 0 aliphatic rings. The first-order chi connectivity index (χ1) is 9.16. The summed E-state index contributed by atoms with van der Waals surface area (Å²) in [5.74, 6) is 0. The van der Waals surface area contributed by atoms with E-state index in [1.165, 1.54) is 17.2 Å². The van der Waals surface area contributed by atoms with E-state index in [4.69, 9.17) is 0 Å². The minimum Gasteiger partial charge on any atom is -0.308 e. The SMILES string of the molecule is Cc1ccc(CNCc2ccccc2[N+](=O)[O-])cc1. The molecule has 0 aliphatic carbocycles. The standard InChI is InChI=1S/C15H16N2O2/c1-12-6-8-13(9-7-12)10-16-11-14-4-2-3-5-15(14)17(18)19/h2-9,16H,10-11H2,1H3. The molecule has 0 fully saturated rings. The van der Waals surface area contributed by atoms with Gasteiger partial charge in [0, 0.05) is 24.7 Å². The van der Waals surface area contributed by atoms with E-state index in [1.807, 2.05) is 13.0 Å². The molecule has 0 radical (unpaired) electrons. The topological polar surface area (TPSA) is 55.2 Å². The van der Waals surface area contributed by atoms with Crippen LogP contribution in [-0.4, -0.2) is 4.92 Å². The Balaban J connectivity index is 1.96. The first kappa shape index (κ1) is 13.2. The second-order valence-corrected chi connectivity index (χ2v) is 4.47. The van der Waals surface area contributed by atoms with Crippen molar-refractivity contribution in [3.63, 3.8) is 0 Å². The summed E-state index contributed by atoms with van der Waals surface area (Å²) < 4.78 is 0. The highest BCUT2D eigenvalue weighted by Crippen LogP contribution is 2.17. The van der Waals surface area contributed by atoms with Gasteiger partial charge < -0.3 is 5.32 Å². The van der Waals surface area contributed by atoms with Crippen LogP contribution in [0, 0.1) is 17.0 Å². The van der Waals surface area contributed by atoms with Crippen molar-refractivity contribution in [3.8, 4) is 0 Å². The molecule has 0 atom stereocenters. The lowest BCUT2D eigenvalue weighted by Gasteiger charge is -2.06. The van der Waals surface area contributed by atoms with Crippen molar-refractivity contribution >= 4 is 5.69 Å². The molecule has 0 spiro atoms. The number of hydrogen-bond donors (Lipinski definition) is 1. The summed E-state index contributed by atoms with van der Waals surface area (Å²) in [6.45, 7) is 3.24. The maximum absolute atomic E-state index is 10.9. The highest BCUT2D eigenvalue weighted by atomic mass is 16.6. The fourth-order valence-corrected chi connectivity index (χ4v) is 1.89. The lowest BCUT2D eigenvalue weighted by Crippen LogP contribution is -2.13. The van der Waals surface area contributed by atoms with Gasteiger partial charge in [0.1, 0.15) is 0 Å². The molecule has 0 unspecified atom stereocenters. The van der Waals surface area contributed by atoms with Gasteiger partial charge in [-0.3, -0.25) is 10.1 Å². The minimum atomic E-state index is -0.344. The molecule has 0 aromatic heterocycles. The van der Waals surface area contributed by atoms with Gasteiger partial charge >= 0.3 is 0 Å². The fourth-order valence-electron chi connectivity index (χ4n) is 1.89. The molecule has 1 N–H and O–H groups in total. The monoisotopic (exact) mass is 256 g/mol. The Morgan fingerprint density at radius 2 is 1.74 bits per heavy atom. The van der Waals surface area contributed by atoms with Crippen LogP contribution in [0.5, 0.6) is 0 Å². The molecule has 4 nitrogen and oxygen atoms in total. The molecule has 0 saturated heterocycles. The van der Waals surface area contributed by atoms with Gasteiger partial charge in [-0.2, -0.15) is 0 Å². The quantitative estimate of drug-likeness (QED) is 0.660. The van der Waals surface area contributed by atoms with Crippen LogP contribution >= 0.6 is 0 Å². The van der Waals surface area contributed by atoms with Crippen molar-refractivity contribution in [3.05, 3.63) is 75.3 Å². The minimum absolute atomic E-state index is 0.166. The molecule has 2 rings (SSSR count). The van der Waals surface area contributed by atoms with Crippen molar-refractivity contribution in [2.75, 3.05) is 0 Å². The number of rotatable bonds is 5. The molecule has 0 bridgehead atoms. The van der Waals surface area contributed by atoms with E-state index in [-0.39, 0.29) is 10.6 Å². The Bertz CT molecular complexity index is 565. The first-order valence-electron chi connectivity index (χ1n) is 6.15. The normalized spacial score (nSPS) is 10.4. The molecule has 98 valence electrons. The average Bonchev–Trinajstić information content (AvgIpc) is 2.41. The third-order valence-electron chi connectivity index (χ3n) is 2.95. The summed E-state index contributed by atoms with van der Waals surface area (Å²) in [4.78, 5) is 10.5. The highest BCUT2D eigenvalue weighted by Gasteiger charge is 2.11. The van der Waals surface area contributed by atoms with E-state index in [9.17, 15) is 10.1 Å². The Hall–Kier alpha value is -2.20. The van der Waals surface area contributed by atoms with Gasteiger partial charge in [0.15, 0.2) is 0 Å². The summed E-state index contributed by atoms with van der Waals surface area (Å²) in [6.07, 6.45) is 0. The highest BCUT2D eigenvalue weighted by molar-refractivity contribution is 5.39. The third kappa shape index (κ3) is 3.63.